The molecule has 0 unspecified atom stereocenters. The summed E-state index contributed by atoms with van der Waals surface area (Å²) in [7, 11) is 0. The number of carbonyl (C=O) groups is 1. The van der Waals surface area contributed by atoms with Crippen molar-refractivity contribution in [3.8, 4) is 0 Å². The van der Waals surface area contributed by atoms with Crippen LogP contribution in [0, 0.1) is 0 Å². The number of nitrogens with zero attached hydrogens (tertiary/aromatic N) is 1. The first-order chi connectivity index (χ1) is 7.72. The summed E-state index contributed by atoms with van der Waals surface area (Å²) in [5.41, 5.74) is 0.550. The molecular formula is C11H18N2O3. The van der Waals surface area contributed by atoms with E-state index < -0.39 is 6.04 Å². The van der Waals surface area contributed by atoms with Crippen LogP contribution in [0.5, 0.6) is 0 Å². The first kappa shape index (κ1) is 12.7. The normalized spacial score (nSPS) is 10.8. The molecule has 1 aromatic rings. The number of carbonyl (C=O) groups excluding carboxylic acids is 1. The molecule has 0 aliphatic carbocycles. The maximum Gasteiger partial charge on any atom is 0.268 e. The van der Waals surface area contributed by atoms with Crippen molar-refractivity contribution in [2.24, 2.45) is 0 Å². The van der Waals surface area contributed by atoms with Crippen molar-refractivity contribution in [2.45, 2.75) is 25.9 Å². The Kier molecular flexibility index (Phi) is 5.01. The van der Waals surface area contributed by atoms with E-state index in [4.69, 9.17) is 10.2 Å². The molecule has 0 saturated carbocycles. The number of rotatable bonds is 6. The Bertz CT molecular complexity index is 332. The number of hydrogen-bond donors (Lipinski definition) is 3. The standard InChI is InChI=1S/C11H18N2O3/c1-2-5-13-6-3-4-10(13)11(16)12-9(7-14)8-15/h3-4,6,9,14-15H,2,5,7-8H2,1H3,(H,12,16). The Morgan fingerprint density at radius 1 is 1.50 bits per heavy atom. The second kappa shape index (κ2) is 6.30. The fourth-order valence-corrected chi connectivity index (χ4v) is 1.46. The van der Waals surface area contributed by atoms with Crippen molar-refractivity contribution in [1.82, 2.24) is 9.88 Å². The minimum absolute atomic E-state index is 0.267. The SMILES string of the molecule is CCCn1cccc1C(=O)NC(CO)CO. The summed E-state index contributed by atoms with van der Waals surface area (Å²) in [5, 5.41) is 20.3. The van der Waals surface area contributed by atoms with E-state index in [2.05, 4.69) is 5.32 Å². The van der Waals surface area contributed by atoms with Gasteiger partial charge in [0.1, 0.15) is 5.69 Å². The maximum atomic E-state index is 11.8. The maximum absolute atomic E-state index is 11.8. The lowest BCUT2D eigenvalue weighted by molar-refractivity contribution is 0.0870. The number of amides is 1. The molecule has 1 aromatic heterocycles. The summed E-state index contributed by atoms with van der Waals surface area (Å²) in [4.78, 5) is 11.8. The largest absolute Gasteiger partial charge is 0.394 e. The van der Waals surface area contributed by atoms with Gasteiger partial charge in [0.15, 0.2) is 0 Å². The van der Waals surface area contributed by atoms with Gasteiger partial charge in [-0.2, -0.15) is 0 Å². The zero-order valence-electron chi connectivity index (χ0n) is 9.39. The van der Waals surface area contributed by atoms with E-state index in [1.54, 1.807) is 12.1 Å². The molecule has 90 valence electrons. The summed E-state index contributed by atoms with van der Waals surface area (Å²) in [6.07, 6.45) is 2.78. The molecule has 0 aromatic carbocycles. The van der Waals surface area contributed by atoms with Gasteiger partial charge in [-0.05, 0) is 18.6 Å². The van der Waals surface area contributed by atoms with Gasteiger partial charge in [-0.3, -0.25) is 4.79 Å². The van der Waals surface area contributed by atoms with Crippen LogP contribution < -0.4 is 5.32 Å². The van der Waals surface area contributed by atoms with E-state index in [1.165, 1.54) is 0 Å². The molecule has 5 heteroatoms. The number of aromatic nitrogens is 1. The highest BCUT2D eigenvalue weighted by Crippen LogP contribution is 2.03. The second-order valence-electron chi connectivity index (χ2n) is 3.62. The summed E-state index contributed by atoms with van der Waals surface area (Å²) < 4.78 is 1.85. The Morgan fingerprint density at radius 2 is 2.19 bits per heavy atom. The van der Waals surface area contributed by atoms with E-state index in [0.717, 1.165) is 13.0 Å². The van der Waals surface area contributed by atoms with Crippen LogP contribution in [0.1, 0.15) is 23.8 Å². The summed E-state index contributed by atoms with van der Waals surface area (Å²) in [6.45, 7) is 2.28. The molecule has 16 heavy (non-hydrogen) atoms. The van der Waals surface area contributed by atoms with Gasteiger partial charge in [-0.25, -0.2) is 0 Å². The van der Waals surface area contributed by atoms with Crippen LogP contribution in [0.3, 0.4) is 0 Å². The second-order valence-corrected chi connectivity index (χ2v) is 3.62. The molecule has 0 bridgehead atoms. The summed E-state index contributed by atoms with van der Waals surface area (Å²) in [5.74, 6) is -0.272. The van der Waals surface area contributed by atoms with Gasteiger partial charge in [0.2, 0.25) is 0 Å². The lowest BCUT2D eigenvalue weighted by Gasteiger charge is -2.14. The molecule has 0 aliphatic heterocycles. The highest BCUT2D eigenvalue weighted by Gasteiger charge is 2.14. The monoisotopic (exact) mass is 226 g/mol. The summed E-state index contributed by atoms with van der Waals surface area (Å²) in [6, 6.07) is 2.92. The molecule has 0 radical (unpaired) electrons. The van der Waals surface area contributed by atoms with Gasteiger partial charge < -0.3 is 20.1 Å². The molecule has 0 saturated heterocycles. The lowest BCUT2D eigenvalue weighted by atomic mass is 10.3. The zero-order valence-corrected chi connectivity index (χ0v) is 9.39. The van der Waals surface area contributed by atoms with Crippen LogP contribution in [0.2, 0.25) is 0 Å². The number of aryl methyl sites for hydroxylation is 1. The molecule has 0 atom stereocenters. The smallest absolute Gasteiger partial charge is 0.268 e. The van der Waals surface area contributed by atoms with E-state index >= 15 is 0 Å². The Balaban J connectivity index is 2.68. The van der Waals surface area contributed by atoms with Crippen LogP contribution in [-0.4, -0.2) is 39.9 Å². The minimum Gasteiger partial charge on any atom is -0.394 e. The minimum atomic E-state index is -0.600. The van der Waals surface area contributed by atoms with Gasteiger partial charge in [0.05, 0.1) is 19.3 Å². The lowest BCUT2D eigenvalue weighted by Crippen LogP contribution is -2.40. The Labute approximate surface area is 94.7 Å². The van der Waals surface area contributed by atoms with Crippen molar-refractivity contribution < 1.29 is 15.0 Å². The zero-order chi connectivity index (χ0) is 12.0. The number of hydrogen-bond acceptors (Lipinski definition) is 3. The number of aliphatic hydroxyl groups excluding tert-OH is 2. The third-order valence-corrected chi connectivity index (χ3v) is 2.30. The number of aliphatic hydroxyl groups is 2. The molecule has 1 rings (SSSR count). The highest BCUT2D eigenvalue weighted by atomic mass is 16.3. The fraction of sp³-hybridized carbons (Fsp3) is 0.545. The van der Waals surface area contributed by atoms with E-state index in [1.807, 2.05) is 17.7 Å². The van der Waals surface area contributed by atoms with E-state index in [9.17, 15) is 4.79 Å². The third kappa shape index (κ3) is 3.08. The van der Waals surface area contributed by atoms with Gasteiger partial charge in [-0.1, -0.05) is 6.92 Å². The van der Waals surface area contributed by atoms with Crippen molar-refractivity contribution in [1.29, 1.82) is 0 Å². The quantitative estimate of drug-likeness (QED) is 0.638. The van der Waals surface area contributed by atoms with Crippen molar-refractivity contribution in [3.63, 3.8) is 0 Å². The average molecular weight is 226 g/mol. The highest BCUT2D eigenvalue weighted by molar-refractivity contribution is 5.92. The topological polar surface area (TPSA) is 74.5 Å². The van der Waals surface area contributed by atoms with Crippen LogP contribution >= 0.6 is 0 Å². The predicted octanol–water partition coefficient (Wildman–Crippen LogP) is -0.0189. The molecule has 1 heterocycles. The fourth-order valence-electron chi connectivity index (χ4n) is 1.46. The molecule has 3 N–H and O–H groups in total. The van der Waals surface area contributed by atoms with Crippen LogP contribution in [0.25, 0.3) is 0 Å². The van der Waals surface area contributed by atoms with Gasteiger partial charge in [0, 0.05) is 12.7 Å². The van der Waals surface area contributed by atoms with Gasteiger partial charge in [-0.15, -0.1) is 0 Å². The van der Waals surface area contributed by atoms with Crippen LogP contribution in [0.15, 0.2) is 18.3 Å². The molecule has 5 nitrogen and oxygen atoms in total. The predicted molar refractivity (Wildman–Crippen MR) is 60.1 cm³/mol. The third-order valence-electron chi connectivity index (χ3n) is 2.30. The van der Waals surface area contributed by atoms with Crippen LogP contribution in [-0.2, 0) is 6.54 Å². The van der Waals surface area contributed by atoms with Crippen molar-refractivity contribution >= 4 is 5.91 Å². The average Bonchev–Trinajstić information content (AvgIpc) is 2.74. The van der Waals surface area contributed by atoms with Gasteiger partial charge >= 0.3 is 0 Å². The first-order valence-electron chi connectivity index (χ1n) is 5.40. The van der Waals surface area contributed by atoms with Crippen molar-refractivity contribution in [3.05, 3.63) is 24.0 Å². The number of nitrogens with one attached hydrogen (secondary N) is 1. The van der Waals surface area contributed by atoms with Crippen molar-refractivity contribution in [2.75, 3.05) is 13.2 Å². The molecular weight excluding hydrogens is 208 g/mol. The Hall–Kier alpha value is -1.33. The Morgan fingerprint density at radius 3 is 2.75 bits per heavy atom. The molecule has 0 spiro atoms. The van der Waals surface area contributed by atoms with Crippen LogP contribution in [0.4, 0.5) is 0 Å². The molecule has 0 fully saturated rings. The summed E-state index contributed by atoms with van der Waals surface area (Å²) >= 11 is 0. The molecule has 0 aliphatic rings. The van der Waals surface area contributed by atoms with E-state index in [0.29, 0.717) is 5.69 Å². The molecule has 1 amide bonds. The van der Waals surface area contributed by atoms with Gasteiger partial charge in [0.25, 0.3) is 5.91 Å². The first-order valence-corrected chi connectivity index (χ1v) is 5.40. The van der Waals surface area contributed by atoms with E-state index in [-0.39, 0.29) is 19.1 Å².